The minimum Gasteiger partial charge on any atom is -0.493 e. The van der Waals surface area contributed by atoms with Gasteiger partial charge in [-0.25, -0.2) is 0 Å². The van der Waals surface area contributed by atoms with Gasteiger partial charge in [-0.2, -0.15) is 0 Å². The predicted octanol–water partition coefficient (Wildman–Crippen LogP) is 3.12. The van der Waals surface area contributed by atoms with Crippen molar-refractivity contribution >= 4 is 28.9 Å². The number of rotatable bonds is 4. The van der Waals surface area contributed by atoms with E-state index in [1.165, 1.54) is 11.3 Å². The molecular formula is C17H20ClN3O2S. The van der Waals surface area contributed by atoms with E-state index in [1.54, 1.807) is 13.1 Å². The Hall–Kier alpha value is -1.76. The average Bonchev–Trinajstić information content (AvgIpc) is 3.05. The summed E-state index contributed by atoms with van der Waals surface area (Å²) in [4.78, 5) is 5.08. The topological polar surface area (TPSA) is 65.9 Å². The molecule has 1 aliphatic heterocycles. The summed E-state index contributed by atoms with van der Waals surface area (Å²) in [6.45, 7) is 1.03. The van der Waals surface area contributed by atoms with Crippen molar-refractivity contribution in [1.82, 2.24) is 10.6 Å². The van der Waals surface area contributed by atoms with Gasteiger partial charge in [-0.15, -0.1) is 11.3 Å². The molecule has 7 heteroatoms. The lowest BCUT2D eigenvalue weighted by Gasteiger charge is -2.28. The fourth-order valence-electron chi connectivity index (χ4n) is 2.65. The second-order valence-corrected chi connectivity index (χ2v) is 7.23. The number of thiophene rings is 1. The molecule has 24 heavy (non-hydrogen) atoms. The molecule has 0 radical (unpaired) electrons. The number of benzene rings is 1. The highest BCUT2D eigenvalue weighted by molar-refractivity contribution is 7.16. The second kappa shape index (κ2) is 7.88. The van der Waals surface area contributed by atoms with Crippen molar-refractivity contribution in [3.8, 4) is 5.75 Å². The first-order chi connectivity index (χ1) is 11.7. The highest BCUT2D eigenvalue weighted by atomic mass is 35.5. The Labute approximate surface area is 150 Å². The van der Waals surface area contributed by atoms with Gasteiger partial charge in [0.05, 0.1) is 17.0 Å². The van der Waals surface area contributed by atoms with Crippen LogP contribution in [-0.2, 0) is 0 Å². The molecule has 2 heterocycles. The van der Waals surface area contributed by atoms with Gasteiger partial charge in [0.2, 0.25) is 0 Å². The number of nitrogens with zero attached hydrogens (tertiary/aromatic N) is 1. The molecule has 2 atom stereocenters. The molecule has 0 spiro atoms. The predicted molar refractivity (Wildman–Crippen MR) is 98.1 cm³/mol. The summed E-state index contributed by atoms with van der Waals surface area (Å²) in [5.41, 5.74) is 1.12. The van der Waals surface area contributed by atoms with Crippen molar-refractivity contribution in [3.63, 3.8) is 0 Å². The lowest BCUT2D eigenvalue weighted by atomic mass is 10.0. The maximum absolute atomic E-state index is 10.2. The Bertz CT molecular complexity index is 719. The van der Waals surface area contributed by atoms with Crippen LogP contribution in [0.5, 0.6) is 5.75 Å². The molecule has 0 aliphatic carbocycles. The van der Waals surface area contributed by atoms with Gasteiger partial charge >= 0.3 is 0 Å². The lowest BCUT2D eigenvalue weighted by Crippen LogP contribution is -2.42. The van der Waals surface area contributed by atoms with Crippen LogP contribution < -0.4 is 15.4 Å². The largest absolute Gasteiger partial charge is 0.493 e. The van der Waals surface area contributed by atoms with Crippen molar-refractivity contribution in [1.29, 1.82) is 0 Å². The van der Waals surface area contributed by atoms with E-state index in [1.807, 2.05) is 24.3 Å². The first-order valence-corrected chi connectivity index (χ1v) is 8.99. The summed E-state index contributed by atoms with van der Waals surface area (Å²) < 4.78 is 6.35. The first kappa shape index (κ1) is 17.1. The summed E-state index contributed by atoms with van der Waals surface area (Å²) in [6, 6.07) is 11.8. The van der Waals surface area contributed by atoms with Crippen molar-refractivity contribution in [2.24, 2.45) is 4.99 Å². The first-order valence-electron chi connectivity index (χ1n) is 7.79. The van der Waals surface area contributed by atoms with E-state index in [4.69, 9.17) is 16.3 Å². The van der Waals surface area contributed by atoms with Gasteiger partial charge in [-0.3, -0.25) is 4.99 Å². The Balaban J connectivity index is 1.60. The minimum atomic E-state index is -0.622. The smallest absolute Gasteiger partial charge is 0.191 e. The van der Waals surface area contributed by atoms with Crippen molar-refractivity contribution < 1.29 is 9.84 Å². The second-order valence-electron chi connectivity index (χ2n) is 5.48. The monoisotopic (exact) mass is 365 g/mol. The van der Waals surface area contributed by atoms with Crippen molar-refractivity contribution in [3.05, 3.63) is 51.2 Å². The molecule has 2 aromatic rings. The number of aliphatic hydroxyl groups excluding tert-OH is 1. The number of halogens is 1. The van der Waals surface area contributed by atoms with Gasteiger partial charge in [0.15, 0.2) is 5.96 Å². The van der Waals surface area contributed by atoms with Gasteiger partial charge < -0.3 is 20.5 Å². The summed E-state index contributed by atoms with van der Waals surface area (Å²) in [7, 11) is 1.72. The molecule has 0 amide bonds. The van der Waals surface area contributed by atoms with Crippen LogP contribution in [0.25, 0.3) is 0 Å². The molecule has 5 nitrogen and oxygen atoms in total. The van der Waals surface area contributed by atoms with Gasteiger partial charge in [0, 0.05) is 30.5 Å². The van der Waals surface area contributed by atoms with E-state index in [2.05, 4.69) is 21.7 Å². The highest BCUT2D eigenvalue weighted by Gasteiger charge is 2.22. The molecule has 2 unspecified atom stereocenters. The molecule has 128 valence electrons. The van der Waals surface area contributed by atoms with Gasteiger partial charge in [-0.05, 0) is 18.2 Å². The number of aliphatic imine (C=N–C) groups is 1. The maximum Gasteiger partial charge on any atom is 0.191 e. The van der Waals surface area contributed by atoms with Crippen LogP contribution in [0.2, 0.25) is 4.34 Å². The third-order valence-corrected chi connectivity index (χ3v) is 5.21. The normalized spacial score (nSPS) is 18.5. The molecule has 1 aliphatic rings. The van der Waals surface area contributed by atoms with Crippen LogP contribution in [0, 0.1) is 0 Å². The minimum absolute atomic E-state index is 0.134. The van der Waals surface area contributed by atoms with E-state index in [0.29, 0.717) is 23.4 Å². The Morgan fingerprint density at radius 2 is 2.25 bits per heavy atom. The molecule has 0 bridgehead atoms. The number of fused-ring (bicyclic) bond motifs is 1. The summed E-state index contributed by atoms with van der Waals surface area (Å²) >= 11 is 7.29. The SMILES string of the molecule is CN=C(NCC(O)c1ccc(Cl)s1)NC1CCOc2ccccc21. The third-order valence-electron chi connectivity index (χ3n) is 3.88. The zero-order valence-electron chi connectivity index (χ0n) is 13.3. The number of para-hydroxylation sites is 1. The third kappa shape index (κ3) is 4.01. The van der Waals surface area contributed by atoms with Gasteiger partial charge in [0.25, 0.3) is 0 Å². The fraction of sp³-hybridized carbons (Fsp3) is 0.353. The van der Waals surface area contributed by atoms with Crippen LogP contribution in [0.1, 0.15) is 29.0 Å². The molecular weight excluding hydrogens is 346 g/mol. The summed E-state index contributed by atoms with van der Waals surface area (Å²) in [5, 5.41) is 16.8. The zero-order valence-corrected chi connectivity index (χ0v) is 14.9. The number of aliphatic hydroxyl groups is 1. The number of hydrogen-bond acceptors (Lipinski definition) is 4. The summed E-state index contributed by atoms with van der Waals surface area (Å²) in [6.07, 6.45) is 0.240. The Kier molecular flexibility index (Phi) is 5.60. The molecule has 0 fully saturated rings. The van der Waals surface area contributed by atoms with Crippen LogP contribution in [0.3, 0.4) is 0 Å². The van der Waals surface area contributed by atoms with Crippen LogP contribution >= 0.6 is 22.9 Å². The summed E-state index contributed by atoms with van der Waals surface area (Å²) in [5.74, 6) is 1.56. The van der Waals surface area contributed by atoms with E-state index in [9.17, 15) is 5.11 Å². The Morgan fingerprint density at radius 3 is 3.00 bits per heavy atom. The van der Waals surface area contributed by atoms with Crippen LogP contribution in [-0.4, -0.2) is 31.3 Å². The zero-order chi connectivity index (χ0) is 16.9. The number of ether oxygens (including phenoxy) is 1. The standard InChI is InChI=1S/C17H20ClN3O2S/c1-19-17(20-10-13(22)15-6-7-16(18)24-15)21-12-8-9-23-14-5-3-2-4-11(12)14/h2-7,12-13,22H,8-10H2,1H3,(H2,19,20,21). The van der Waals surface area contributed by atoms with Crippen LogP contribution in [0.15, 0.2) is 41.4 Å². The number of guanidine groups is 1. The van der Waals surface area contributed by atoms with Crippen LogP contribution in [0.4, 0.5) is 0 Å². The maximum atomic E-state index is 10.2. The average molecular weight is 366 g/mol. The lowest BCUT2D eigenvalue weighted by molar-refractivity contribution is 0.184. The molecule has 1 aromatic heterocycles. The quantitative estimate of drug-likeness (QED) is 0.575. The number of nitrogens with one attached hydrogen (secondary N) is 2. The molecule has 0 saturated heterocycles. The van der Waals surface area contributed by atoms with Crippen molar-refractivity contribution in [2.45, 2.75) is 18.6 Å². The molecule has 1 aromatic carbocycles. The van der Waals surface area contributed by atoms with Crippen molar-refractivity contribution in [2.75, 3.05) is 20.2 Å². The number of hydrogen-bond donors (Lipinski definition) is 3. The Morgan fingerprint density at radius 1 is 1.42 bits per heavy atom. The van der Waals surface area contributed by atoms with Gasteiger partial charge in [0.1, 0.15) is 11.9 Å². The van der Waals surface area contributed by atoms with Gasteiger partial charge in [-0.1, -0.05) is 29.8 Å². The molecule has 0 saturated carbocycles. The van der Waals surface area contributed by atoms with E-state index >= 15 is 0 Å². The van der Waals surface area contributed by atoms with E-state index < -0.39 is 6.10 Å². The molecule has 3 N–H and O–H groups in total. The highest BCUT2D eigenvalue weighted by Crippen LogP contribution is 2.31. The fourth-order valence-corrected chi connectivity index (χ4v) is 3.70. The van der Waals surface area contributed by atoms with E-state index in [-0.39, 0.29) is 6.04 Å². The van der Waals surface area contributed by atoms with E-state index in [0.717, 1.165) is 22.6 Å². The molecule has 3 rings (SSSR count).